The van der Waals surface area contributed by atoms with Gasteiger partial charge in [-0.15, -0.1) is 0 Å². The third kappa shape index (κ3) is 35.8. The fourth-order valence-electron chi connectivity index (χ4n) is 5.76. The molecule has 39 heavy (non-hydrogen) atoms. The maximum atomic E-state index is 8.63. The van der Waals surface area contributed by atoms with Gasteiger partial charge in [0.2, 0.25) is 10.4 Å². The molecular weight excluding hydrogens is 506 g/mol. The van der Waals surface area contributed by atoms with Gasteiger partial charge in [-0.25, -0.2) is 8.42 Å². The fraction of sp³-hybridized carbons (Fsp3) is 1.00. The van der Waals surface area contributed by atoms with E-state index in [0.29, 0.717) is 0 Å². The highest BCUT2D eigenvalue weighted by Crippen LogP contribution is 2.21. The summed E-state index contributed by atoms with van der Waals surface area (Å²) in [5.74, 6) is 0. The van der Waals surface area contributed by atoms with Gasteiger partial charge in [-0.05, 0) is 51.4 Å². The molecule has 0 unspecified atom stereocenters. The lowest BCUT2D eigenvalue weighted by Gasteiger charge is -2.40. The quantitative estimate of drug-likeness (QED) is 0.0415. The maximum Gasteiger partial charge on any atom is 0.215 e. The molecular formula is C33H71NO4S. The molecule has 0 heterocycles. The zero-order valence-electron chi connectivity index (χ0n) is 27.0. The zero-order valence-corrected chi connectivity index (χ0v) is 27.9. The Morgan fingerprint density at radius 2 is 0.564 bits per heavy atom. The number of unbranched alkanes of at least 4 members (excludes halogenated alkanes) is 21. The Morgan fingerprint density at radius 3 is 0.744 bits per heavy atom. The minimum Gasteiger partial charge on any atom is -0.726 e. The number of quaternary nitrogens is 1. The first-order valence-electron chi connectivity index (χ1n) is 17.3. The van der Waals surface area contributed by atoms with E-state index >= 15 is 0 Å². The van der Waals surface area contributed by atoms with E-state index in [0.717, 1.165) is 0 Å². The summed E-state index contributed by atoms with van der Waals surface area (Å²) in [7, 11) is -4.92. The van der Waals surface area contributed by atoms with E-state index in [-0.39, 0.29) is 0 Å². The van der Waals surface area contributed by atoms with Crippen molar-refractivity contribution in [3.63, 3.8) is 0 Å². The van der Waals surface area contributed by atoms with Crippen molar-refractivity contribution in [2.45, 2.75) is 188 Å². The third-order valence-electron chi connectivity index (χ3n) is 8.19. The zero-order chi connectivity index (χ0) is 29.5. The van der Waals surface area contributed by atoms with Crippen LogP contribution in [0.2, 0.25) is 0 Å². The van der Waals surface area contributed by atoms with Crippen LogP contribution < -0.4 is 0 Å². The van der Waals surface area contributed by atoms with Crippen LogP contribution in [-0.4, -0.2) is 48.2 Å². The van der Waals surface area contributed by atoms with Crippen LogP contribution in [0.5, 0.6) is 0 Å². The Bertz CT molecular complexity index is 519. The molecule has 0 aliphatic carbocycles. The first-order chi connectivity index (χ1) is 18.7. The fourth-order valence-corrected chi connectivity index (χ4v) is 5.76. The van der Waals surface area contributed by atoms with Gasteiger partial charge in [-0.2, -0.15) is 0 Å². The number of nitrogens with zero attached hydrogens (tertiary/aromatic N) is 1. The van der Waals surface area contributed by atoms with Crippen molar-refractivity contribution < 1.29 is 22.0 Å². The Morgan fingerprint density at radius 1 is 0.410 bits per heavy atom. The van der Waals surface area contributed by atoms with E-state index in [9.17, 15) is 0 Å². The molecule has 0 aliphatic heterocycles. The second kappa shape index (κ2) is 30.8. The summed E-state index contributed by atoms with van der Waals surface area (Å²) in [5.41, 5.74) is 0. The Hall–Kier alpha value is -0.170. The van der Waals surface area contributed by atoms with Gasteiger partial charge in [0.05, 0.1) is 26.2 Å². The molecule has 0 bridgehead atoms. The summed E-state index contributed by atoms with van der Waals surface area (Å²) in [4.78, 5) is 0. The van der Waals surface area contributed by atoms with Gasteiger partial charge in [0.1, 0.15) is 0 Å². The molecule has 238 valence electrons. The van der Waals surface area contributed by atoms with E-state index < -0.39 is 10.4 Å². The van der Waals surface area contributed by atoms with Crippen molar-refractivity contribution >= 4 is 10.4 Å². The molecule has 0 atom stereocenters. The minimum atomic E-state index is -4.92. The predicted molar refractivity (Wildman–Crippen MR) is 170 cm³/mol. The summed E-state index contributed by atoms with van der Waals surface area (Å²) >= 11 is 0. The van der Waals surface area contributed by atoms with Crippen LogP contribution in [0, 0.1) is 0 Å². The number of hydrogen-bond donors (Lipinski definition) is 1. The largest absolute Gasteiger partial charge is 0.726 e. The van der Waals surface area contributed by atoms with Gasteiger partial charge >= 0.3 is 0 Å². The second-order valence-electron chi connectivity index (χ2n) is 12.1. The van der Waals surface area contributed by atoms with Crippen LogP contribution in [0.25, 0.3) is 0 Å². The Balaban J connectivity index is 0. The third-order valence-corrected chi connectivity index (χ3v) is 8.19. The van der Waals surface area contributed by atoms with Gasteiger partial charge in [0, 0.05) is 0 Å². The van der Waals surface area contributed by atoms with Crippen LogP contribution in [0.4, 0.5) is 0 Å². The van der Waals surface area contributed by atoms with E-state index in [2.05, 4.69) is 27.7 Å². The van der Waals surface area contributed by atoms with Gasteiger partial charge < -0.3 is 9.04 Å². The molecule has 0 saturated heterocycles. The molecule has 0 aliphatic rings. The lowest BCUT2D eigenvalue weighted by Crippen LogP contribution is -2.50. The first-order valence-corrected chi connectivity index (χ1v) is 18.6. The normalized spacial score (nSPS) is 11.9. The topological polar surface area (TPSA) is 77.4 Å². The highest BCUT2D eigenvalue weighted by atomic mass is 32.3. The Labute approximate surface area is 246 Å². The summed E-state index contributed by atoms with van der Waals surface area (Å²) in [6, 6.07) is 0. The van der Waals surface area contributed by atoms with Crippen molar-refractivity contribution in [3.8, 4) is 0 Å². The molecule has 0 aromatic carbocycles. The van der Waals surface area contributed by atoms with Crippen molar-refractivity contribution in [2.24, 2.45) is 0 Å². The van der Waals surface area contributed by atoms with Crippen molar-refractivity contribution in [3.05, 3.63) is 0 Å². The smallest absolute Gasteiger partial charge is 0.215 e. The molecule has 0 aromatic heterocycles. The summed E-state index contributed by atoms with van der Waals surface area (Å²) < 4.78 is 34.3. The van der Waals surface area contributed by atoms with Gasteiger partial charge in [-0.1, -0.05) is 137 Å². The van der Waals surface area contributed by atoms with E-state index in [1.54, 1.807) is 0 Å². The van der Waals surface area contributed by atoms with Crippen LogP contribution in [0.3, 0.4) is 0 Å². The van der Waals surface area contributed by atoms with Crippen LogP contribution in [0.1, 0.15) is 188 Å². The van der Waals surface area contributed by atoms with Gasteiger partial charge in [0.25, 0.3) is 0 Å². The average molecular weight is 578 g/mol. The van der Waals surface area contributed by atoms with Crippen LogP contribution in [-0.2, 0) is 10.4 Å². The molecule has 5 nitrogen and oxygen atoms in total. The number of hydrogen-bond acceptors (Lipinski definition) is 3. The van der Waals surface area contributed by atoms with Crippen molar-refractivity contribution in [1.82, 2.24) is 0 Å². The Kier molecular flexibility index (Phi) is 32.3. The van der Waals surface area contributed by atoms with Crippen LogP contribution >= 0.6 is 0 Å². The van der Waals surface area contributed by atoms with Crippen molar-refractivity contribution in [2.75, 3.05) is 26.2 Å². The molecule has 0 radical (unpaired) electrons. The predicted octanol–water partition coefficient (Wildman–Crippen LogP) is 10.6. The van der Waals surface area contributed by atoms with Gasteiger partial charge in [0.15, 0.2) is 0 Å². The lowest BCUT2D eigenvalue weighted by molar-refractivity contribution is -0.929. The molecule has 0 amide bonds. The molecule has 0 rings (SSSR count). The molecule has 1 N–H and O–H groups in total. The second-order valence-corrected chi connectivity index (χ2v) is 12.9. The molecule has 0 fully saturated rings. The summed E-state index contributed by atoms with van der Waals surface area (Å²) in [6.45, 7) is 15.3. The van der Waals surface area contributed by atoms with E-state index in [1.165, 1.54) is 191 Å². The first kappa shape index (κ1) is 41.0. The standard InChI is InChI=1S/C33H70N.H2O4S/c1-5-9-13-17-21-25-29-33-34(30-26-22-18-14-10-6-2,31-27-23-19-15-11-7-3)32-28-24-20-16-12-8-4;1-5(2,3)4/h5-33H2,1-4H3;(H2,1,2,3,4)/q+1;/p-1. The molecule has 0 aromatic rings. The average Bonchev–Trinajstić information content (AvgIpc) is 2.88. The molecule has 0 spiro atoms. The summed E-state index contributed by atoms with van der Waals surface area (Å²) in [6.07, 6.45) is 36.3. The SMILES string of the molecule is CCCCCCCCC[N+](CCCCCCCC)(CCCCCCCC)CCCCCCCC.O=S(=O)([O-])O. The lowest BCUT2D eigenvalue weighted by atomic mass is 10.0. The monoisotopic (exact) mass is 578 g/mol. The molecule has 0 saturated carbocycles. The summed E-state index contributed by atoms with van der Waals surface area (Å²) in [5, 5.41) is 0. The van der Waals surface area contributed by atoms with Crippen LogP contribution in [0.15, 0.2) is 0 Å². The highest BCUT2D eigenvalue weighted by Gasteiger charge is 2.25. The van der Waals surface area contributed by atoms with E-state index in [1.807, 2.05) is 0 Å². The number of rotatable bonds is 29. The minimum absolute atomic E-state index is 1.37. The van der Waals surface area contributed by atoms with E-state index in [4.69, 9.17) is 17.5 Å². The van der Waals surface area contributed by atoms with Gasteiger partial charge in [-0.3, -0.25) is 4.55 Å². The maximum absolute atomic E-state index is 8.63. The van der Waals surface area contributed by atoms with Crippen molar-refractivity contribution in [1.29, 1.82) is 0 Å². The highest BCUT2D eigenvalue weighted by molar-refractivity contribution is 7.79. The molecule has 6 heteroatoms.